The van der Waals surface area contributed by atoms with E-state index in [9.17, 15) is 4.79 Å². The van der Waals surface area contributed by atoms with E-state index in [4.69, 9.17) is 4.74 Å². The molecule has 1 aromatic rings. The Morgan fingerprint density at radius 1 is 1.50 bits per heavy atom. The Morgan fingerprint density at radius 3 is 2.50 bits per heavy atom. The van der Waals surface area contributed by atoms with Crippen molar-refractivity contribution in [3.8, 4) is 0 Å². The molecule has 0 amide bonds. The molecule has 0 aromatic carbocycles. The van der Waals surface area contributed by atoms with Gasteiger partial charge in [0.2, 0.25) is 0 Å². The van der Waals surface area contributed by atoms with Crippen LogP contribution in [0.15, 0.2) is 12.4 Å². The van der Waals surface area contributed by atoms with Crippen LogP contribution in [-0.4, -0.2) is 23.9 Å². The van der Waals surface area contributed by atoms with Gasteiger partial charge in [-0.2, -0.15) is 5.31 Å². The van der Waals surface area contributed by atoms with Crippen LogP contribution in [0.2, 0.25) is 11.6 Å². The van der Waals surface area contributed by atoms with E-state index in [1.807, 2.05) is 33.4 Å². The monoisotopic (exact) mass is 279 g/mol. The number of hydrogen-bond donors (Lipinski definition) is 0. The number of aromatic nitrogens is 2. The van der Waals surface area contributed by atoms with E-state index in [-0.39, 0.29) is 18.0 Å². The van der Waals surface area contributed by atoms with Crippen LogP contribution in [0.4, 0.5) is 0 Å². The molecule has 4 nitrogen and oxygen atoms in total. The minimum atomic E-state index is -0.118. The van der Waals surface area contributed by atoms with Crippen molar-refractivity contribution >= 4 is 18.4 Å². The average molecular weight is 279 g/mol. The summed E-state index contributed by atoms with van der Waals surface area (Å²) >= 11 is 0. The molecule has 1 heterocycles. The van der Waals surface area contributed by atoms with Crippen LogP contribution < -0.4 is 10.3 Å². The Bertz CT molecular complexity index is 447. The minimum absolute atomic E-state index is 0.0106. The van der Waals surface area contributed by atoms with Gasteiger partial charge in [-0.05, 0) is 6.92 Å². The zero-order valence-electron chi connectivity index (χ0n) is 13.9. The first-order valence-electron chi connectivity index (χ1n) is 7.38. The van der Waals surface area contributed by atoms with Crippen molar-refractivity contribution in [3.05, 3.63) is 12.4 Å². The normalized spacial score (nSPS) is 12.2. The molecule has 1 aromatic heterocycles. The van der Waals surface area contributed by atoms with Crippen LogP contribution in [0.25, 0.3) is 0 Å². The van der Waals surface area contributed by atoms with E-state index in [0.717, 1.165) is 5.72 Å². The SMILES string of the molecule is CCOC(=O)C[B-](c1n(C)cc[n+]1C)C(C)(C)C(C)C. The lowest BCUT2D eigenvalue weighted by Gasteiger charge is -2.44. The van der Waals surface area contributed by atoms with E-state index in [0.29, 0.717) is 18.8 Å². The third-order valence-corrected chi connectivity index (χ3v) is 4.61. The molecule has 0 bridgehead atoms. The Balaban J connectivity index is 3.18. The van der Waals surface area contributed by atoms with Crippen LogP contribution in [0.5, 0.6) is 0 Å². The molecule has 20 heavy (non-hydrogen) atoms. The predicted octanol–water partition coefficient (Wildman–Crippen LogP) is 1.55. The van der Waals surface area contributed by atoms with Crippen molar-refractivity contribution in [2.75, 3.05) is 6.61 Å². The third-order valence-electron chi connectivity index (χ3n) is 4.61. The molecule has 0 spiro atoms. The third kappa shape index (κ3) is 3.44. The van der Waals surface area contributed by atoms with Gasteiger partial charge in [-0.15, -0.1) is 0 Å². The number of ether oxygens (including phenoxy) is 1. The maximum Gasteiger partial charge on any atom is 0.268 e. The highest BCUT2D eigenvalue weighted by Gasteiger charge is 2.32. The van der Waals surface area contributed by atoms with Crippen molar-refractivity contribution in [1.82, 2.24) is 4.57 Å². The standard InChI is InChI=1S/C15H28BN2O2/c1-8-20-13(19)11-16(15(4,5)12(2)3)14-17(6)9-10-18(14)7/h9-10,12H,8,11H2,1-7H3. The lowest BCUT2D eigenvalue weighted by Crippen LogP contribution is -2.60. The highest BCUT2D eigenvalue weighted by atomic mass is 16.5. The van der Waals surface area contributed by atoms with Gasteiger partial charge in [0.1, 0.15) is 12.4 Å². The Kier molecular flexibility index (Phi) is 5.43. The van der Waals surface area contributed by atoms with Crippen LogP contribution in [0, 0.1) is 5.92 Å². The number of nitrogens with zero attached hydrogens (tertiary/aromatic N) is 2. The summed E-state index contributed by atoms with van der Waals surface area (Å²) < 4.78 is 9.38. The van der Waals surface area contributed by atoms with Gasteiger partial charge in [-0.3, -0.25) is 13.9 Å². The number of esters is 1. The lowest BCUT2D eigenvalue weighted by atomic mass is 9.29. The Morgan fingerprint density at radius 2 is 2.10 bits per heavy atom. The highest BCUT2D eigenvalue weighted by Crippen LogP contribution is 2.38. The minimum Gasteiger partial charge on any atom is -0.468 e. The fraction of sp³-hybridized carbons (Fsp3) is 0.733. The summed E-state index contributed by atoms with van der Waals surface area (Å²) in [6.45, 7) is 11.3. The zero-order valence-corrected chi connectivity index (χ0v) is 13.9. The maximum absolute atomic E-state index is 12.0. The molecule has 0 saturated carbocycles. The maximum atomic E-state index is 12.0. The second-order valence-electron chi connectivity index (χ2n) is 6.42. The number of imidazole rings is 1. The van der Waals surface area contributed by atoms with Gasteiger partial charge in [0.25, 0.3) is 5.97 Å². The molecule has 0 aliphatic carbocycles. The molecular formula is C15H28BN2O2. The number of aryl methyl sites for hydroxylation is 2. The fourth-order valence-corrected chi connectivity index (χ4v) is 2.57. The number of hydrogen-bond acceptors (Lipinski definition) is 2. The Hall–Kier alpha value is -1.26. The van der Waals surface area contributed by atoms with Crippen molar-refractivity contribution in [2.45, 2.75) is 46.3 Å². The fourth-order valence-electron chi connectivity index (χ4n) is 2.57. The van der Waals surface area contributed by atoms with Crippen LogP contribution in [0.3, 0.4) is 0 Å². The molecule has 0 saturated heterocycles. The number of rotatable bonds is 6. The van der Waals surface area contributed by atoms with Gasteiger partial charge in [0.05, 0.1) is 20.7 Å². The van der Waals surface area contributed by atoms with E-state index >= 15 is 0 Å². The molecule has 0 unspecified atom stereocenters. The molecule has 0 aliphatic rings. The summed E-state index contributed by atoms with van der Waals surface area (Å²) in [5, 5.41) is 0.0106. The van der Waals surface area contributed by atoms with Gasteiger partial charge < -0.3 is 4.74 Å². The molecule has 0 aliphatic heterocycles. The quantitative estimate of drug-likeness (QED) is 0.450. The van der Waals surface area contributed by atoms with Crippen LogP contribution >= 0.6 is 0 Å². The van der Waals surface area contributed by atoms with Gasteiger partial charge in [0.15, 0.2) is 0 Å². The van der Waals surface area contributed by atoms with Gasteiger partial charge >= 0.3 is 0 Å². The smallest absolute Gasteiger partial charge is 0.268 e. The molecule has 0 atom stereocenters. The second kappa shape index (κ2) is 6.46. The summed E-state index contributed by atoms with van der Waals surface area (Å²) in [4.78, 5) is 12.0. The molecule has 5 heteroatoms. The molecule has 113 valence electrons. The van der Waals surface area contributed by atoms with Crippen LogP contribution in [-0.2, 0) is 23.6 Å². The molecular weight excluding hydrogens is 251 g/mol. The Labute approximate surface area is 123 Å². The first kappa shape index (κ1) is 16.8. The first-order valence-corrected chi connectivity index (χ1v) is 7.38. The van der Waals surface area contributed by atoms with Crippen molar-refractivity contribution in [3.63, 3.8) is 0 Å². The van der Waals surface area contributed by atoms with Gasteiger partial charge in [-0.25, -0.2) is 0 Å². The topological polar surface area (TPSA) is 35.1 Å². The van der Waals surface area contributed by atoms with Crippen molar-refractivity contribution < 1.29 is 14.1 Å². The van der Waals surface area contributed by atoms with Crippen LogP contribution in [0.1, 0.15) is 34.6 Å². The van der Waals surface area contributed by atoms with Crippen molar-refractivity contribution in [2.24, 2.45) is 20.0 Å². The number of carbonyl (C=O) groups is 1. The van der Waals surface area contributed by atoms with E-state index in [1.165, 1.54) is 0 Å². The highest BCUT2D eigenvalue weighted by molar-refractivity contribution is 6.76. The molecule has 1 rings (SSSR count). The molecule has 0 N–H and O–H groups in total. The molecule has 0 fully saturated rings. The summed E-state index contributed by atoms with van der Waals surface area (Å²) in [5.41, 5.74) is 1.16. The first-order chi connectivity index (χ1) is 9.21. The predicted molar refractivity (Wildman–Crippen MR) is 82.3 cm³/mol. The number of carbonyl (C=O) groups excluding carboxylic acids is 1. The summed E-state index contributed by atoms with van der Waals surface area (Å²) in [6, 6.07) is 0. The lowest BCUT2D eigenvalue weighted by molar-refractivity contribution is -0.653. The van der Waals surface area contributed by atoms with E-state index in [2.05, 4.69) is 36.8 Å². The van der Waals surface area contributed by atoms with Gasteiger partial charge in [-0.1, -0.05) is 39.9 Å². The summed E-state index contributed by atoms with van der Waals surface area (Å²) in [5.74, 6) is 0.351. The zero-order chi connectivity index (χ0) is 15.5. The summed E-state index contributed by atoms with van der Waals surface area (Å²) in [7, 11) is 4.06. The summed E-state index contributed by atoms with van der Waals surface area (Å²) in [6.07, 6.45) is 4.48. The second-order valence-corrected chi connectivity index (χ2v) is 6.42. The molecule has 1 radical (unpaired) electrons. The average Bonchev–Trinajstić information content (AvgIpc) is 2.66. The van der Waals surface area contributed by atoms with Gasteiger partial charge in [0, 0.05) is 12.4 Å². The largest absolute Gasteiger partial charge is 0.468 e. The van der Waals surface area contributed by atoms with Crippen molar-refractivity contribution in [1.29, 1.82) is 0 Å². The van der Waals surface area contributed by atoms with E-state index in [1.54, 1.807) is 0 Å². The van der Waals surface area contributed by atoms with E-state index < -0.39 is 0 Å².